The molecule has 2 heterocycles. The first-order valence-electron chi connectivity index (χ1n) is 9.56. The second-order valence-electron chi connectivity index (χ2n) is 6.86. The molecule has 5 rings (SSSR count). The Morgan fingerprint density at radius 3 is 2.03 bits per heavy atom. The normalized spacial score (nSPS) is 10.9. The van der Waals surface area contributed by atoms with Crippen molar-refractivity contribution in [3.05, 3.63) is 109 Å². The molecular weight excluding hydrogens is 354 g/mol. The molecule has 0 N–H and O–H groups in total. The topological polar surface area (TPSA) is 30.7 Å². The molecular formula is C26H19N3. The van der Waals surface area contributed by atoms with E-state index in [2.05, 4.69) is 76.8 Å². The summed E-state index contributed by atoms with van der Waals surface area (Å²) in [4.78, 5) is 9.45. The molecule has 0 amide bonds. The molecule has 0 fully saturated rings. The Kier molecular flexibility index (Phi) is 4.26. The van der Waals surface area contributed by atoms with Crippen LogP contribution in [0.3, 0.4) is 0 Å². The smallest absolute Gasteiger partial charge is 0.164 e. The van der Waals surface area contributed by atoms with Gasteiger partial charge in [-0.05, 0) is 41.0 Å². The van der Waals surface area contributed by atoms with E-state index < -0.39 is 0 Å². The lowest BCUT2D eigenvalue weighted by atomic mass is 10.0. The van der Waals surface area contributed by atoms with Gasteiger partial charge in [0.25, 0.3) is 0 Å². The average molecular weight is 373 g/mol. The number of hydrogen-bond donors (Lipinski definition) is 0. The van der Waals surface area contributed by atoms with E-state index in [1.807, 2.05) is 42.6 Å². The number of para-hydroxylation sites is 1. The fraction of sp³-hybridized carbons (Fsp3) is 0. The Hall–Kier alpha value is -3.98. The number of aromatic nitrogens is 3. The lowest BCUT2D eigenvalue weighted by molar-refractivity contribution is 1.08. The van der Waals surface area contributed by atoms with Crippen LogP contribution in [0.4, 0.5) is 0 Å². The van der Waals surface area contributed by atoms with E-state index in [1.165, 1.54) is 11.1 Å². The molecule has 0 saturated carbocycles. The van der Waals surface area contributed by atoms with E-state index in [-0.39, 0.29) is 0 Å². The van der Waals surface area contributed by atoms with Gasteiger partial charge in [0.2, 0.25) is 0 Å². The molecule has 0 aliphatic carbocycles. The first-order chi connectivity index (χ1) is 14.3. The maximum atomic E-state index is 4.87. The largest absolute Gasteiger partial charge is 0.277 e. The molecule has 0 spiro atoms. The van der Waals surface area contributed by atoms with Crippen LogP contribution in [-0.4, -0.2) is 14.5 Å². The second kappa shape index (κ2) is 7.21. The molecule has 0 aliphatic heterocycles. The summed E-state index contributed by atoms with van der Waals surface area (Å²) < 4.78 is 2.11. The number of imidazole rings is 1. The van der Waals surface area contributed by atoms with Crippen molar-refractivity contribution < 1.29 is 0 Å². The highest BCUT2D eigenvalue weighted by molar-refractivity contribution is 5.80. The molecule has 5 aromatic rings. The van der Waals surface area contributed by atoms with Gasteiger partial charge in [0, 0.05) is 17.4 Å². The summed E-state index contributed by atoms with van der Waals surface area (Å²) >= 11 is 0. The highest BCUT2D eigenvalue weighted by atomic mass is 15.1. The maximum Gasteiger partial charge on any atom is 0.164 e. The molecule has 29 heavy (non-hydrogen) atoms. The molecule has 0 unspecified atom stereocenters. The SMILES string of the molecule is C=Cc1ccc(-c2ccc(-c3nc4cccnc4n3-c3ccccc3)cc2)cc1. The molecule has 3 heteroatoms. The van der Waals surface area contributed by atoms with Crippen molar-refractivity contribution in [1.29, 1.82) is 0 Å². The quantitative estimate of drug-likeness (QED) is 0.365. The maximum absolute atomic E-state index is 4.87. The molecule has 0 radical (unpaired) electrons. The summed E-state index contributed by atoms with van der Waals surface area (Å²) in [7, 11) is 0. The number of rotatable bonds is 4. The van der Waals surface area contributed by atoms with Crippen LogP contribution in [0.1, 0.15) is 5.56 Å². The van der Waals surface area contributed by atoms with Crippen molar-refractivity contribution >= 4 is 17.2 Å². The van der Waals surface area contributed by atoms with Gasteiger partial charge in [0.1, 0.15) is 11.3 Å². The third-order valence-corrected chi connectivity index (χ3v) is 5.05. The van der Waals surface area contributed by atoms with Gasteiger partial charge < -0.3 is 0 Å². The van der Waals surface area contributed by atoms with Gasteiger partial charge in [-0.3, -0.25) is 4.57 Å². The summed E-state index contributed by atoms with van der Waals surface area (Å²) in [6.45, 7) is 3.82. The van der Waals surface area contributed by atoms with Gasteiger partial charge in [0.15, 0.2) is 5.65 Å². The summed E-state index contributed by atoms with van der Waals surface area (Å²) in [5.74, 6) is 0.887. The molecule has 138 valence electrons. The predicted octanol–water partition coefficient (Wildman–Crippen LogP) is 6.40. The van der Waals surface area contributed by atoms with Crippen LogP contribution >= 0.6 is 0 Å². The predicted molar refractivity (Wildman–Crippen MR) is 120 cm³/mol. The standard InChI is InChI=1S/C26H19N3/c1-2-19-10-12-20(13-11-19)21-14-16-22(17-15-21)25-28-24-9-6-18-27-26(24)29(25)23-7-4-3-5-8-23/h2-18H,1H2. The fourth-order valence-electron chi connectivity index (χ4n) is 3.55. The van der Waals surface area contributed by atoms with Gasteiger partial charge in [0.05, 0.1) is 0 Å². The fourth-order valence-corrected chi connectivity index (χ4v) is 3.55. The Labute approximate surface area is 169 Å². The molecule has 0 saturated heterocycles. The van der Waals surface area contributed by atoms with Crippen LogP contribution in [-0.2, 0) is 0 Å². The van der Waals surface area contributed by atoms with Crippen LogP contribution in [0.25, 0.3) is 45.4 Å². The zero-order valence-corrected chi connectivity index (χ0v) is 15.9. The first-order valence-corrected chi connectivity index (χ1v) is 9.56. The van der Waals surface area contributed by atoms with E-state index in [4.69, 9.17) is 4.98 Å². The van der Waals surface area contributed by atoms with Crippen molar-refractivity contribution in [3.63, 3.8) is 0 Å². The molecule has 3 nitrogen and oxygen atoms in total. The van der Waals surface area contributed by atoms with E-state index >= 15 is 0 Å². The minimum atomic E-state index is 0.859. The van der Waals surface area contributed by atoms with Crippen LogP contribution in [0.5, 0.6) is 0 Å². The van der Waals surface area contributed by atoms with Crippen molar-refractivity contribution in [1.82, 2.24) is 14.5 Å². The van der Waals surface area contributed by atoms with E-state index in [9.17, 15) is 0 Å². The highest BCUT2D eigenvalue weighted by Crippen LogP contribution is 2.29. The summed E-state index contributed by atoms with van der Waals surface area (Å²) in [6, 6.07) is 31.1. The number of pyridine rings is 1. The first kappa shape index (κ1) is 17.1. The number of nitrogens with zero attached hydrogens (tertiary/aromatic N) is 3. The Bertz CT molecular complexity index is 1280. The second-order valence-corrected chi connectivity index (χ2v) is 6.86. The Morgan fingerprint density at radius 1 is 0.690 bits per heavy atom. The van der Waals surface area contributed by atoms with Gasteiger partial charge in [-0.1, -0.05) is 79.4 Å². The van der Waals surface area contributed by atoms with Crippen LogP contribution in [0.2, 0.25) is 0 Å². The van der Waals surface area contributed by atoms with E-state index in [0.717, 1.165) is 33.8 Å². The lowest BCUT2D eigenvalue weighted by Crippen LogP contribution is -1.98. The van der Waals surface area contributed by atoms with Crippen molar-refractivity contribution in [2.45, 2.75) is 0 Å². The molecule has 0 atom stereocenters. The monoisotopic (exact) mass is 373 g/mol. The van der Waals surface area contributed by atoms with Crippen molar-refractivity contribution in [3.8, 4) is 28.2 Å². The van der Waals surface area contributed by atoms with E-state index in [1.54, 1.807) is 0 Å². The van der Waals surface area contributed by atoms with Crippen molar-refractivity contribution in [2.75, 3.05) is 0 Å². The zero-order valence-electron chi connectivity index (χ0n) is 15.9. The van der Waals surface area contributed by atoms with Crippen LogP contribution in [0.15, 0.2) is 104 Å². The van der Waals surface area contributed by atoms with Gasteiger partial charge in [-0.15, -0.1) is 0 Å². The van der Waals surface area contributed by atoms with Gasteiger partial charge in [-0.2, -0.15) is 0 Å². The molecule has 3 aromatic carbocycles. The van der Waals surface area contributed by atoms with Gasteiger partial charge in [-0.25, -0.2) is 9.97 Å². The highest BCUT2D eigenvalue weighted by Gasteiger charge is 2.15. The Morgan fingerprint density at radius 2 is 1.34 bits per heavy atom. The third kappa shape index (κ3) is 3.13. The molecule has 0 aliphatic rings. The minimum absolute atomic E-state index is 0.859. The Balaban J connectivity index is 1.61. The molecule has 0 bridgehead atoms. The van der Waals surface area contributed by atoms with E-state index in [0.29, 0.717) is 0 Å². The lowest BCUT2D eigenvalue weighted by Gasteiger charge is -2.09. The van der Waals surface area contributed by atoms with Gasteiger partial charge >= 0.3 is 0 Å². The summed E-state index contributed by atoms with van der Waals surface area (Å²) in [5.41, 5.74) is 7.32. The third-order valence-electron chi connectivity index (χ3n) is 5.05. The zero-order chi connectivity index (χ0) is 19.6. The van der Waals surface area contributed by atoms with Crippen LogP contribution in [0, 0.1) is 0 Å². The molecule has 2 aromatic heterocycles. The number of benzene rings is 3. The minimum Gasteiger partial charge on any atom is -0.277 e. The van der Waals surface area contributed by atoms with Crippen LogP contribution < -0.4 is 0 Å². The summed E-state index contributed by atoms with van der Waals surface area (Å²) in [6.07, 6.45) is 3.66. The van der Waals surface area contributed by atoms with Crippen molar-refractivity contribution in [2.24, 2.45) is 0 Å². The average Bonchev–Trinajstić information content (AvgIpc) is 3.19. The summed E-state index contributed by atoms with van der Waals surface area (Å²) in [5, 5.41) is 0. The number of fused-ring (bicyclic) bond motifs is 1. The number of hydrogen-bond acceptors (Lipinski definition) is 2.